The van der Waals surface area contributed by atoms with E-state index < -0.39 is 9.84 Å². The molecule has 0 atom stereocenters. The van der Waals surface area contributed by atoms with Gasteiger partial charge in [-0.15, -0.1) is 0 Å². The fraction of sp³-hybridized carbons (Fsp3) is 0.286. The van der Waals surface area contributed by atoms with Gasteiger partial charge in [0.2, 0.25) is 0 Å². The third kappa shape index (κ3) is 2.27. The highest BCUT2D eigenvalue weighted by Gasteiger charge is 2.30. The first kappa shape index (κ1) is 13.1. The zero-order valence-electron chi connectivity index (χ0n) is 11.4. The van der Waals surface area contributed by atoms with Crippen molar-refractivity contribution in [1.29, 1.82) is 0 Å². The second kappa shape index (κ2) is 4.56. The normalized spacial score (nSPS) is 15.9. The first-order valence-electron chi connectivity index (χ1n) is 6.29. The van der Waals surface area contributed by atoms with E-state index in [1.54, 1.807) is 0 Å². The fourth-order valence-corrected chi connectivity index (χ4v) is 3.84. The Balaban J connectivity index is 2.20. The highest BCUT2D eigenvalue weighted by molar-refractivity contribution is 7.90. The van der Waals surface area contributed by atoms with Crippen LogP contribution in [0.1, 0.15) is 11.3 Å². The van der Waals surface area contributed by atoms with Gasteiger partial charge in [-0.2, -0.15) is 0 Å². The fourth-order valence-electron chi connectivity index (χ4n) is 2.35. The molecule has 20 heavy (non-hydrogen) atoms. The quantitative estimate of drug-likeness (QED) is 0.841. The molecule has 0 saturated heterocycles. The maximum Gasteiger partial charge on any atom is 0.161 e. The van der Waals surface area contributed by atoms with Gasteiger partial charge in [0.05, 0.1) is 17.2 Å². The van der Waals surface area contributed by atoms with Crippen LogP contribution in [0.2, 0.25) is 0 Å². The minimum absolute atomic E-state index is 0.00548. The summed E-state index contributed by atoms with van der Waals surface area (Å²) in [5, 5.41) is 0. The van der Waals surface area contributed by atoms with Gasteiger partial charge in [-0.3, -0.25) is 0 Å². The van der Waals surface area contributed by atoms with Crippen LogP contribution in [0.3, 0.4) is 0 Å². The number of benzene rings is 1. The van der Waals surface area contributed by atoms with Gasteiger partial charge in [-0.05, 0) is 0 Å². The summed E-state index contributed by atoms with van der Waals surface area (Å²) in [4.78, 5) is 10.8. The first-order valence-corrected chi connectivity index (χ1v) is 8.11. The van der Waals surface area contributed by atoms with E-state index in [0.29, 0.717) is 17.3 Å². The molecule has 5 nitrogen and oxygen atoms in total. The predicted octanol–water partition coefficient (Wildman–Crippen LogP) is 1.64. The Morgan fingerprint density at radius 2 is 1.75 bits per heavy atom. The molecule has 0 aliphatic carbocycles. The van der Waals surface area contributed by atoms with Crippen LogP contribution in [0.5, 0.6) is 0 Å². The highest BCUT2D eigenvalue weighted by Crippen LogP contribution is 2.32. The van der Waals surface area contributed by atoms with E-state index in [2.05, 4.69) is 9.97 Å². The van der Waals surface area contributed by atoms with E-state index in [1.807, 2.05) is 49.3 Å². The van der Waals surface area contributed by atoms with Crippen molar-refractivity contribution in [2.75, 3.05) is 19.0 Å². The van der Waals surface area contributed by atoms with Crippen molar-refractivity contribution in [3.8, 4) is 11.4 Å². The van der Waals surface area contributed by atoms with Crippen LogP contribution >= 0.6 is 0 Å². The van der Waals surface area contributed by atoms with Gasteiger partial charge in [0.15, 0.2) is 15.7 Å². The molecule has 6 heteroatoms. The van der Waals surface area contributed by atoms with E-state index in [-0.39, 0.29) is 11.5 Å². The van der Waals surface area contributed by atoms with Gasteiger partial charge in [0.25, 0.3) is 0 Å². The molecular formula is C14H15N3O2S. The van der Waals surface area contributed by atoms with E-state index in [0.717, 1.165) is 11.1 Å². The molecule has 0 amide bonds. The van der Waals surface area contributed by atoms with Crippen molar-refractivity contribution in [1.82, 2.24) is 9.97 Å². The largest absolute Gasteiger partial charge is 0.362 e. The van der Waals surface area contributed by atoms with Crippen molar-refractivity contribution in [2.45, 2.75) is 11.5 Å². The number of fused-ring (bicyclic) bond motifs is 1. The molecule has 1 aromatic heterocycles. The molecule has 0 radical (unpaired) electrons. The van der Waals surface area contributed by atoms with Crippen molar-refractivity contribution >= 4 is 15.7 Å². The van der Waals surface area contributed by atoms with Crippen LogP contribution in [0, 0.1) is 0 Å². The summed E-state index contributed by atoms with van der Waals surface area (Å²) in [6.07, 6.45) is 0. The Bertz CT molecular complexity index is 755. The van der Waals surface area contributed by atoms with Crippen LogP contribution in [0.15, 0.2) is 30.3 Å². The van der Waals surface area contributed by atoms with E-state index in [4.69, 9.17) is 0 Å². The SMILES string of the molecule is CN(C)c1nc(-c2ccccc2)nc2c1CS(=O)(=O)C2. The second-order valence-electron chi connectivity index (χ2n) is 5.09. The number of aromatic nitrogens is 2. The lowest BCUT2D eigenvalue weighted by Gasteiger charge is -2.16. The van der Waals surface area contributed by atoms with E-state index in [9.17, 15) is 8.42 Å². The van der Waals surface area contributed by atoms with E-state index in [1.165, 1.54) is 0 Å². The van der Waals surface area contributed by atoms with Gasteiger partial charge in [0.1, 0.15) is 5.82 Å². The topological polar surface area (TPSA) is 63.2 Å². The lowest BCUT2D eigenvalue weighted by atomic mass is 10.2. The van der Waals surface area contributed by atoms with Gasteiger partial charge in [-0.1, -0.05) is 30.3 Å². The van der Waals surface area contributed by atoms with Gasteiger partial charge in [-0.25, -0.2) is 18.4 Å². The number of rotatable bonds is 2. The van der Waals surface area contributed by atoms with Crippen molar-refractivity contribution in [3.63, 3.8) is 0 Å². The van der Waals surface area contributed by atoms with Crippen molar-refractivity contribution in [3.05, 3.63) is 41.6 Å². The monoisotopic (exact) mass is 289 g/mol. The maximum atomic E-state index is 11.8. The number of hydrogen-bond acceptors (Lipinski definition) is 5. The molecule has 0 fully saturated rings. The zero-order chi connectivity index (χ0) is 14.3. The third-order valence-electron chi connectivity index (χ3n) is 3.25. The van der Waals surface area contributed by atoms with Gasteiger partial charge in [0, 0.05) is 25.2 Å². The van der Waals surface area contributed by atoms with Crippen LogP contribution in [-0.2, 0) is 21.3 Å². The first-order chi connectivity index (χ1) is 9.46. The number of hydrogen-bond donors (Lipinski definition) is 0. The Morgan fingerprint density at radius 3 is 2.40 bits per heavy atom. The molecule has 0 N–H and O–H groups in total. The Morgan fingerprint density at radius 1 is 1.05 bits per heavy atom. The van der Waals surface area contributed by atoms with Gasteiger partial charge >= 0.3 is 0 Å². The second-order valence-corrected chi connectivity index (χ2v) is 7.15. The highest BCUT2D eigenvalue weighted by atomic mass is 32.2. The van der Waals surface area contributed by atoms with E-state index >= 15 is 0 Å². The summed E-state index contributed by atoms with van der Waals surface area (Å²) < 4.78 is 23.6. The third-order valence-corrected chi connectivity index (χ3v) is 4.69. The number of anilines is 1. The molecule has 0 bridgehead atoms. The Hall–Kier alpha value is -1.95. The summed E-state index contributed by atoms with van der Waals surface area (Å²) in [5.41, 5.74) is 2.25. The van der Waals surface area contributed by atoms with Crippen LogP contribution in [0.4, 0.5) is 5.82 Å². The predicted molar refractivity (Wildman–Crippen MR) is 78.1 cm³/mol. The molecule has 104 valence electrons. The van der Waals surface area contributed by atoms with Crippen molar-refractivity contribution in [2.24, 2.45) is 0 Å². The molecule has 1 aliphatic rings. The molecule has 2 heterocycles. The lowest BCUT2D eigenvalue weighted by Crippen LogP contribution is -2.15. The molecule has 1 aromatic carbocycles. The number of sulfone groups is 1. The summed E-state index contributed by atoms with van der Waals surface area (Å²) >= 11 is 0. The summed E-state index contributed by atoms with van der Waals surface area (Å²) in [5.74, 6) is 1.30. The minimum atomic E-state index is -3.09. The summed E-state index contributed by atoms with van der Waals surface area (Å²) in [6, 6.07) is 9.60. The van der Waals surface area contributed by atoms with Crippen LogP contribution in [-0.4, -0.2) is 32.5 Å². The molecule has 3 rings (SSSR count). The zero-order valence-corrected chi connectivity index (χ0v) is 12.2. The smallest absolute Gasteiger partial charge is 0.161 e. The summed E-state index contributed by atoms with van der Waals surface area (Å²) in [6.45, 7) is 0. The molecule has 0 spiro atoms. The average Bonchev–Trinajstić information content (AvgIpc) is 2.72. The maximum absolute atomic E-state index is 11.8. The standard InChI is InChI=1S/C14H15N3O2S/c1-17(2)14-11-8-20(18,19)9-12(11)15-13(16-14)10-6-4-3-5-7-10/h3-7H,8-9H2,1-2H3. The average molecular weight is 289 g/mol. The van der Waals surface area contributed by atoms with Crippen molar-refractivity contribution < 1.29 is 8.42 Å². The Labute approximate surface area is 118 Å². The van der Waals surface area contributed by atoms with Crippen LogP contribution < -0.4 is 4.90 Å². The number of nitrogens with zero attached hydrogens (tertiary/aromatic N) is 3. The molecular weight excluding hydrogens is 274 g/mol. The summed E-state index contributed by atoms with van der Waals surface area (Å²) in [7, 11) is 0.637. The molecule has 0 unspecified atom stereocenters. The lowest BCUT2D eigenvalue weighted by molar-refractivity contribution is 0.597. The van der Waals surface area contributed by atoms with Crippen LogP contribution in [0.25, 0.3) is 11.4 Å². The molecule has 2 aromatic rings. The Kier molecular flexibility index (Phi) is 2.97. The molecule has 0 saturated carbocycles. The molecule has 1 aliphatic heterocycles. The van der Waals surface area contributed by atoms with Gasteiger partial charge < -0.3 is 4.90 Å². The minimum Gasteiger partial charge on any atom is -0.362 e.